The number of pyridine rings is 1. The van der Waals surface area contributed by atoms with E-state index in [4.69, 9.17) is 4.74 Å². The first kappa shape index (κ1) is 23.4. The average Bonchev–Trinajstić information content (AvgIpc) is 3.24. The monoisotopic (exact) mass is 477 g/mol. The van der Waals surface area contributed by atoms with Gasteiger partial charge in [0.1, 0.15) is 0 Å². The molecule has 0 bridgehead atoms. The molecule has 3 aromatic rings. The van der Waals surface area contributed by atoms with Gasteiger partial charge in [0.25, 0.3) is 5.19 Å². The van der Waals surface area contributed by atoms with Crippen LogP contribution in [-0.2, 0) is 13.0 Å². The lowest BCUT2D eigenvalue weighted by atomic mass is 9.78. The van der Waals surface area contributed by atoms with Gasteiger partial charge in [-0.25, -0.2) is 4.98 Å². The largest absolute Gasteiger partial charge is 0.467 e. The molecule has 1 fully saturated rings. The van der Waals surface area contributed by atoms with E-state index in [1.807, 2.05) is 30.3 Å². The summed E-state index contributed by atoms with van der Waals surface area (Å²) in [6.07, 6.45) is 9.78. The highest BCUT2D eigenvalue weighted by molar-refractivity contribution is 7.13. The molecule has 2 aliphatic rings. The maximum absolute atomic E-state index is 13.1. The molecule has 34 heavy (non-hydrogen) atoms. The highest BCUT2D eigenvalue weighted by atomic mass is 32.1. The predicted octanol–water partition coefficient (Wildman–Crippen LogP) is 6.31. The van der Waals surface area contributed by atoms with Gasteiger partial charge in [0.05, 0.1) is 17.3 Å². The summed E-state index contributed by atoms with van der Waals surface area (Å²) < 4.78 is 5.81. The van der Waals surface area contributed by atoms with Gasteiger partial charge in [-0.15, -0.1) is 0 Å². The van der Waals surface area contributed by atoms with E-state index in [1.54, 1.807) is 17.5 Å². The third kappa shape index (κ3) is 5.49. The molecule has 1 aromatic carbocycles. The Morgan fingerprint density at radius 2 is 1.97 bits per heavy atom. The molecule has 1 saturated carbocycles. The first-order valence-electron chi connectivity index (χ1n) is 12.8. The zero-order valence-electron chi connectivity index (χ0n) is 20.3. The summed E-state index contributed by atoms with van der Waals surface area (Å²) in [6.45, 7) is 7.38. The average molecular weight is 478 g/mol. The Balaban J connectivity index is 1.08. The smallest absolute Gasteiger partial charge is 0.273 e. The zero-order valence-corrected chi connectivity index (χ0v) is 21.2. The highest BCUT2D eigenvalue weighted by Crippen LogP contribution is 2.35. The maximum atomic E-state index is 13.1. The molecule has 0 N–H and O–H groups in total. The van der Waals surface area contributed by atoms with Gasteiger partial charge in [-0.2, -0.15) is 0 Å². The number of Topliss-reactive ketones (excluding diaryl/α,β-unsaturated/α-hetero) is 1. The Morgan fingerprint density at radius 1 is 1.15 bits per heavy atom. The SMILES string of the molecule is CC(C)Oc1nc2c(s1)CN(CCC1CCC(CC(=O)c3cccc4ncccc34)CC1)CC2. The minimum Gasteiger partial charge on any atom is -0.467 e. The van der Waals surface area contributed by atoms with Gasteiger partial charge in [-0.05, 0) is 63.6 Å². The third-order valence-corrected chi connectivity index (χ3v) is 8.34. The molecule has 0 saturated heterocycles. The molecular weight excluding hydrogens is 442 g/mol. The van der Waals surface area contributed by atoms with Crippen molar-refractivity contribution in [1.82, 2.24) is 14.9 Å². The molecule has 5 rings (SSSR count). The van der Waals surface area contributed by atoms with Crippen LogP contribution in [0.25, 0.3) is 10.9 Å². The van der Waals surface area contributed by atoms with Gasteiger partial charge < -0.3 is 4.74 Å². The minimum absolute atomic E-state index is 0.179. The van der Waals surface area contributed by atoms with Crippen LogP contribution in [-0.4, -0.2) is 39.8 Å². The summed E-state index contributed by atoms with van der Waals surface area (Å²) in [5, 5.41) is 1.81. The summed E-state index contributed by atoms with van der Waals surface area (Å²) in [5.74, 6) is 1.58. The van der Waals surface area contributed by atoms with Crippen LogP contribution in [0.4, 0.5) is 0 Å². The van der Waals surface area contributed by atoms with E-state index in [0.717, 1.165) is 53.6 Å². The van der Waals surface area contributed by atoms with Crippen molar-refractivity contribution in [2.75, 3.05) is 13.1 Å². The first-order valence-corrected chi connectivity index (χ1v) is 13.6. The van der Waals surface area contributed by atoms with Gasteiger partial charge in [0.2, 0.25) is 0 Å². The Morgan fingerprint density at radius 3 is 2.79 bits per heavy atom. The molecule has 1 aliphatic carbocycles. The Hall–Kier alpha value is -2.31. The Labute approximate surface area is 206 Å². The summed E-state index contributed by atoms with van der Waals surface area (Å²) >= 11 is 1.72. The number of carbonyl (C=O) groups is 1. The van der Waals surface area contributed by atoms with Crippen LogP contribution in [0.15, 0.2) is 36.5 Å². The van der Waals surface area contributed by atoms with Crippen LogP contribution in [0.1, 0.15) is 73.3 Å². The summed E-state index contributed by atoms with van der Waals surface area (Å²) in [4.78, 5) is 26.1. The molecule has 0 spiro atoms. The summed E-state index contributed by atoms with van der Waals surface area (Å²) in [7, 11) is 0. The van der Waals surface area contributed by atoms with Gasteiger partial charge in [-0.1, -0.05) is 42.4 Å². The molecule has 2 aromatic heterocycles. The van der Waals surface area contributed by atoms with Crippen molar-refractivity contribution in [3.8, 4) is 5.19 Å². The Bertz CT molecular complexity index is 1130. The van der Waals surface area contributed by atoms with Crippen molar-refractivity contribution < 1.29 is 9.53 Å². The molecule has 0 unspecified atom stereocenters. The fourth-order valence-electron chi connectivity index (χ4n) is 5.48. The third-order valence-electron chi connectivity index (χ3n) is 7.37. The predicted molar refractivity (Wildman–Crippen MR) is 138 cm³/mol. The number of nitrogens with zero attached hydrogens (tertiary/aromatic N) is 3. The molecule has 0 radical (unpaired) electrons. The second-order valence-corrected chi connectivity index (χ2v) is 11.3. The van der Waals surface area contributed by atoms with Gasteiger partial charge in [0.15, 0.2) is 5.78 Å². The Kier molecular flexibility index (Phi) is 7.26. The second-order valence-electron chi connectivity index (χ2n) is 10.2. The number of hydrogen-bond acceptors (Lipinski definition) is 6. The molecule has 0 atom stereocenters. The minimum atomic E-state index is 0.179. The van der Waals surface area contributed by atoms with E-state index in [2.05, 4.69) is 28.7 Å². The molecule has 180 valence electrons. The van der Waals surface area contributed by atoms with E-state index < -0.39 is 0 Å². The zero-order chi connectivity index (χ0) is 23.5. The normalized spacial score (nSPS) is 21.0. The molecule has 1 aliphatic heterocycles. The number of benzene rings is 1. The van der Waals surface area contributed by atoms with Crippen LogP contribution in [0.3, 0.4) is 0 Å². The van der Waals surface area contributed by atoms with Crippen molar-refractivity contribution >= 4 is 28.0 Å². The number of hydrogen-bond donors (Lipinski definition) is 0. The van der Waals surface area contributed by atoms with Crippen LogP contribution < -0.4 is 4.74 Å². The van der Waals surface area contributed by atoms with Crippen LogP contribution in [0.5, 0.6) is 5.19 Å². The summed E-state index contributed by atoms with van der Waals surface area (Å²) in [6, 6.07) is 9.82. The molecule has 6 heteroatoms. The fraction of sp³-hybridized carbons (Fsp3) is 0.536. The van der Waals surface area contributed by atoms with Crippen LogP contribution >= 0.6 is 11.3 Å². The van der Waals surface area contributed by atoms with Crippen molar-refractivity contribution in [2.45, 2.75) is 71.4 Å². The number of rotatable bonds is 8. The number of aromatic nitrogens is 2. The highest BCUT2D eigenvalue weighted by Gasteiger charge is 2.26. The maximum Gasteiger partial charge on any atom is 0.273 e. The number of fused-ring (bicyclic) bond motifs is 2. The van der Waals surface area contributed by atoms with E-state index >= 15 is 0 Å². The van der Waals surface area contributed by atoms with Crippen molar-refractivity contribution in [1.29, 1.82) is 0 Å². The van der Waals surface area contributed by atoms with E-state index in [0.29, 0.717) is 12.3 Å². The lowest BCUT2D eigenvalue weighted by Crippen LogP contribution is -2.32. The fourth-order valence-corrected chi connectivity index (χ4v) is 6.60. The molecule has 3 heterocycles. The lowest BCUT2D eigenvalue weighted by Gasteiger charge is -2.31. The van der Waals surface area contributed by atoms with Crippen LogP contribution in [0.2, 0.25) is 0 Å². The van der Waals surface area contributed by atoms with Crippen molar-refractivity contribution in [2.24, 2.45) is 11.8 Å². The second kappa shape index (κ2) is 10.5. The number of ketones is 1. The molecule has 0 amide bonds. The van der Waals surface area contributed by atoms with Gasteiger partial charge >= 0.3 is 0 Å². The van der Waals surface area contributed by atoms with Gasteiger partial charge in [0, 0.05) is 48.0 Å². The van der Waals surface area contributed by atoms with E-state index in [9.17, 15) is 4.79 Å². The number of thiazole rings is 1. The standard InChI is InChI=1S/C28H35N3O2S/c1-19(2)33-28-30-25-13-16-31(18-27(25)34-28)15-12-20-8-10-21(11-9-20)17-26(32)23-5-3-7-24-22(23)6-4-14-29-24/h3-7,14,19-21H,8-13,15-18H2,1-2H3. The van der Waals surface area contributed by atoms with E-state index in [1.165, 1.54) is 42.7 Å². The van der Waals surface area contributed by atoms with Crippen molar-refractivity contribution in [3.63, 3.8) is 0 Å². The van der Waals surface area contributed by atoms with Crippen LogP contribution in [0, 0.1) is 11.8 Å². The molecule has 5 nitrogen and oxygen atoms in total. The summed E-state index contributed by atoms with van der Waals surface area (Å²) in [5.41, 5.74) is 2.98. The van der Waals surface area contributed by atoms with E-state index in [-0.39, 0.29) is 11.9 Å². The topological polar surface area (TPSA) is 55.3 Å². The first-order chi connectivity index (χ1) is 16.5. The quantitative estimate of drug-likeness (QED) is 0.356. The number of ether oxygens (including phenoxy) is 1. The molecular formula is C28H35N3O2S. The van der Waals surface area contributed by atoms with Gasteiger partial charge in [-0.3, -0.25) is 14.7 Å². The van der Waals surface area contributed by atoms with Crippen molar-refractivity contribution in [3.05, 3.63) is 52.7 Å². The number of carbonyl (C=O) groups excluding carboxylic acids is 1. The lowest BCUT2D eigenvalue weighted by molar-refractivity contribution is 0.0941.